The van der Waals surface area contributed by atoms with E-state index in [0.717, 1.165) is 11.8 Å². The van der Waals surface area contributed by atoms with Crippen molar-refractivity contribution >= 4 is 29.2 Å². The van der Waals surface area contributed by atoms with E-state index in [1.54, 1.807) is 37.3 Å². The number of anilines is 1. The van der Waals surface area contributed by atoms with Gasteiger partial charge in [-0.05, 0) is 36.8 Å². The van der Waals surface area contributed by atoms with E-state index in [1.807, 2.05) is 0 Å². The van der Waals surface area contributed by atoms with E-state index >= 15 is 0 Å². The standard InChI is InChI=1S/C22H17F2N3O2/c1-11-9-14(21(28)25-2)18(26-11)10-15-19-12(5-4-8-17(19)27-22(15)29)13-6-3-7-16(23)20(13)24/h3-10,26H,1-2H3,(H,25,28)(H,27,29)/b15-10-. The average Bonchev–Trinajstić information content (AvgIpc) is 3.23. The van der Waals surface area contributed by atoms with Crippen LogP contribution >= 0.6 is 0 Å². The van der Waals surface area contributed by atoms with Gasteiger partial charge in [0, 0.05) is 29.6 Å². The van der Waals surface area contributed by atoms with Crippen LogP contribution in [0.3, 0.4) is 0 Å². The largest absolute Gasteiger partial charge is 0.358 e. The summed E-state index contributed by atoms with van der Waals surface area (Å²) < 4.78 is 28.3. The monoisotopic (exact) mass is 393 g/mol. The van der Waals surface area contributed by atoms with E-state index in [1.165, 1.54) is 19.2 Å². The first-order valence-corrected chi connectivity index (χ1v) is 8.93. The van der Waals surface area contributed by atoms with Crippen molar-refractivity contribution in [3.05, 3.63) is 76.6 Å². The van der Waals surface area contributed by atoms with Crippen molar-refractivity contribution in [2.75, 3.05) is 12.4 Å². The third kappa shape index (κ3) is 3.10. The van der Waals surface area contributed by atoms with Gasteiger partial charge in [0.25, 0.3) is 11.8 Å². The van der Waals surface area contributed by atoms with Crippen LogP contribution in [0, 0.1) is 18.6 Å². The van der Waals surface area contributed by atoms with Crippen LogP contribution in [0.1, 0.15) is 27.3 Å². The lowest BCUT2D eigenvalue weighted by molar-refractivity contribution is -0.110. The second kappa shape index (κ2) is 7.01. The highest BCUT2D eigenvalue weighted by molar-refractivity contribution is 6.36. The first-order valence-electron chi connectivity index (χ1n) is 8.93. The summed E-state index contributed by atoms with van der Waals surface area (Å²) in [5, 5.41) is 5.30. The minimum Gasteiger partial charge on any atom is -0.358 e. The molecule has 1 aromatic heterocycles. The number of rotatable bonds is 3. The zero-order chi connectivity index (χ0) is 20.7. The molecule has 1 aliphatic rings. The predicted octanol–water partition coefficient (Wildman–Crippen LogP) is 4.12. The summed E-state index contributed by atoms with van der Waals surface area (Å²) >= 11 is 0. The van der Waals surface area contributed by atoms with Gasteiger partial charge in [-0.2, -0.15) is 0 Å². The van der Waals surface area contributed by atoms with Crippen LogP contribution < -0.4 is 10.6 Å². The van der Waals surface area contributed by atoms with Crippen molar-refractivity contribution in [2.24, 2.45) is 0 Å². The lowest BCUT2D eigenvalue weighted by Gasteiger charge is -2.10. The lowest BCUT2D eigenvalue weighted by Crippen LogP contribution is -2.18. The number of aromatic nitrogens is 1. The smallest absolute Gasteiger partial charge is 0.256 e. The Morgan fingerprint density at radius 1 is 1.10 bits per heavy atom. The Labute approximate surface area is 165 Å². The van der Waals surface area contributed by atoms with Crippen molar-refractivity contribution in [3.8, 4) is 11.1 Å². The molecular weight excluding hydrogens is 376 g/mol. The molecule has 0 fully saturated rings. The van der Waals surface area contributed by atoms with Gasteiger partial charge in [-0.3, -0.25) is 9.59 Å². The first-order chi connectivity index (χ1) is 13.9. The first kappa shape index (κ1) is 18.6. The van der Waals surface area contributed by atoms with E-state index < -0.39 is 11.6 Å². The number of nitrogens with one attached hydrogen (secondary N) is 3. The van der Waals surface area contributed by atoms with E-state index in [2.05, 4.69) is 15.6 Å². The third-order valence-corrected chi connectivity index (χ3v) is 4.81. The number of amides is 2. The number of halogens is 2. The molecule has 0 saturated carbocycles. The molecule has 4 rings (SSSR count). The molecule has 3 aromatic rings. The zero-order valence-electron chi connectivity index (χ0n) is 15.7. The molecule has 1 aliphatic heterocycles. The van der Waals surface area contributed by atoms with Gasteiger partial charge in [0.1, 0.15) is 0 Å². The van der Waals surface area contributed by atoms with Crippen molar-refractivity contribution in [1.82, 2.24) is 10.3 Å². The highest BCUT2D eigenvalue weighted by atomic mass is 19.2. The molecule has 0 aliphatic carbocycles. The van der Waals surface area contributed by atoms with E-state index in [-0.39, 0.29) is 23.0 Å². The summed E-state index contributed by atoms with van der Waals surface area (Å²) in [5.74, 6) is -2.64. The Bertz CT molecular complexity index is 1190. The maximum absolute atomic E-state index is 14.5. The molecular formula is C22H17F2N3O2. The van der Waals surface area contributed by atoms with Crippen molar-refractivity contribution in [2.45, 2.75) is 6.92 Å². The summed E-state index contributed by atoms with van der Waals surface area (Å²) in [7, 11) is 1.52. The zero-order valence-corrected chi connectivity index (χ0v) is 15.7. The van der Waals surface area contributed by atoms with Crippen LogP contribution in [0.15, 0.2) is 42.5 Å². The lowest BCUT2D eigenvalue weighted by atomic mass is 9.93. The summed E-state index contributed by atoms with van der Waals surface area (Å²) in [6.45, 7) is 1.80. The molecule has 0 unspecified atom stereocenters. The summed E-state index contributed by atoms with van der Waals surface area (Å²) in [4.78, 5) is 27.9. The van der Waals surface area contributed by atoms with Gasteiger partial charge in [-0.15, -0.1) is 0 Å². The van der Waals surface area contributed by atoms with Crippen LogP contribution in [-0.4, -0.2) is 23.8 Å². The molecule has 2 heterocycles. The van der Waals surface area contributed by atoms with Crippen molar-refractivity contribution < 1.29 is 18.4 Å². The highest BCUT2D eigenvalue weighted by Crippen LogP contribution is 2.41. The second-order valence-corrected chi connectivity index (χ2v) is 6.70. The number of hydrogen-bond acceptors (Lipinski definition) is 2. The number of hydrogen-bond donors (Lipinski definition) is 3. The van der Waals surface area contributed by atoms with Gasteiger partial charge in [0.05, 0.1) is 16.8 Å². The van der Waals surface area contributed by atoms with Gasteiger partial charge in [0.2, 0.25) is 0 Å². The highest BCUT2D eigenvalue weighted by Gasteiger charge is 2.29. The molecule has 0 radical (unpaired) electrons. The normalized spacial score (nSPS) is 14.1. The molecule has 2 amide bonds. The Balaban J connectivity index is 1.93. The summed E-state index contributed by atoms with van der Waals surface area (Å²) in [6.07, 6.45) is 1.56. The summed E-state index contributed by atoms with van der Waals surface area (Å²) in [6, 6.07) is 10.6. The topological polar surface area (TPSA) is 74.0 Å². The number of aryl methyl sites for hydroxylation is 1. The third-order valence-electron chi connectivity index (χ3n) is 4.81. The van der Waals surface area contributed by atoms with Crippen LogP contribution in [0.4, 0.5) is 14.5 Å². The van der Waals surface area contributed by atoms with Gasteiger partial charge in [0.15, 0.2) is 11.6 Å². The number of carbonyl (C=O) groups excluding carboxylic acids is 2. The molecule has 0 saturated heterocycles. The Hall–Kier alpha value is -3.74. The quantitative estimate of drug-likeness (QED) is 0.586. The molecule has 146 valence electrons. The van der Waals surface area contributed by atoms with Gasteiger partial charge in [-0.1, -0.05) is 24.3 Å². The molecule has 0 spiro atoms. The van der Waals surface area contributed by atoms with Crippen molar-refractivity contribution in [3.63, 3.8) is 0 Å². The fraction of sp³-hybridized carbons (Fsp3) is 0.0909. The Morgan fingerprint density at radius 3 is 2.59 bits per heavy atom. The molecule has 0 bridgehead atoms. The molecule has 29 heavy (non-hydrogen) atoms. The van der Waals surface area contributed by atoms with E-state index in [9.17, 15) is 18.4 Å². The molecule has 0 atom stereocenters. The number of fused-ring (bicyclic) bond motifs is 1. The average molecular weight is 393 g/mol. The second-order valence-electron chi connectivity index (χ2n) is 6.70. The van der Waals surface area contributed by atoms with Crippen LogP contribution in [-0.2, 0) is 4.79 Å². The van der Waals surface area contributed by atoms with Crippen LogP contribution in [0.5, 0.6) is 0 Å². The van der Waals surface area contributed by atoms with E-state index in [4.69, 9.17) is 0 Å². The fourth-order valence-corrected chi connectivity index (χ4v) is 3.51. The molecule has 3 N–H and O–H groups in total. The maximum atomic E-state index is 14.5. The maximum Gasteiger partial charge on any atom is 0.256 e. The number of carbonyl (C=O) groups is 2. The Morgan fingerprint density at radius 2 is 1.83 bits per heavy atom. The molecule has 7 heteroatoms. The van der Waals surface area contributed by atoms with Gasteiger partial charge >= 0.3 is 0 Å². The van der Waals surface area contributed by atoms with E-state index in [0.29, 0.717) is 28.1 Å². The fourth-order valence-electron chi connectivity index (χ4n) is 3.51. The van der Waals surface area contributed by atoms with Crippen LogP contribution in [0.2, 0.25) is 0 Å². The number of benzene rings is 2. The number of aromatic amines is 1. The SMILES string of the molecule is CNC(=O)c1cc(C)[nH]c1/C=C1\C(=O)Nc2cccc(-c3cccc(F)c3F)c21. The molecule has 2 aromatic carbocycles. The van der Waals surface area contributed by atoms with Gasteiger partial charge < -0.3 is 15.6 Å². The predicted molar refractivity (Wildman–Crippen MR) is 107 cm³/mol. The number of H-pyrrole nitrogens is 1. The van der Waals surface area contributed by atoms with Crippen LogP contribution in [0.25, 0.3) is 22.8 Å². The Kier molecular flexibility index (Phi) is 4.50. The minimum absolute atomic E-state index is 0.0541. The minimum atomic E-state index is -0.985. The van der Waals surface area contributed by atoms with Crippen molar-refractivity contribution in [1.29, 1.82) is 0 Å². The molecule has 5 nitrogen and oxygen atoms in total. The van der Waals surface area contributed by atoms with Gasteiger partial charge in [-0.25, -0.2) is 8.78 Å². The summed E-state index contributed by atoms with van der Waals surface area (Å²) in [5.41, 5.74) is 3.23.